The number of hydrogen-bond donors (Lipinski definition) is 2. The average molecular weight is 390 g/mol. The van der Waals surface area contributed by atoms with Gasteiger partial charge in [-0.15, -0.1) is 11.8 Å². The number of hydrazone groups is 1. The lowest BCUT2D eigenvalue weighted by Crippen LogP contribution is -2.21. The molecule has 0 aliphatic heterocycles. The van der Waals surface area contributed by atoms with Gasteiger partial charge in [0.15, 0.2) is 0 Å². The molecule has 7 heteroatoms. The summed E-state index contributed by atoms with van der Waals surface area (Å²) >= 11 is 7.57. The fraction of sp³-hybridized carbons (Fsp3) is 0.211. The maximum atomic E-state index is 11.9. The van der Waals surface area contributed by atoms with Gasteiger partial charge in [0.1, 0.15) is 0 Å². The number of carbonyl (C=O) groups is 2. The van der Waals surface area contributed by atoms with Crippen molar-refractivity contribution in [3.05, 3.63) is 64.7 Å². The normalized spacial score (nSPS) is 11.1. The Balaban J connectivity index is 1.81. The summed E-state index contributed by atoms with van der Waals surface area (Å²) in [5.74, 6) is 0.671. The molecule has 2 N–H and O–H groups in total. The Bertz CT molecular complexity index is 807. The summed E-state index contributed by atoms with van der Waals surface area (Å²) in [4.78, 5) is 22.9. The van der Waals surface area contributed by atoms with Gasteiger partial charge in [0.2, 0.25) is 11.8 Å². The monoisotopic (exact) mass is 389 g/mol. The molecule has 2 amide bonds. The van der Waals surface area contributed by atoms with Gasteiger partial charge in [-0.2, -0.15) is 5.10 Å². The van der Waals surface area contributed by atoms with E-state index in [1.54, 1.807) is 12.1 Å². The number of benzene rings is 2. The van der Waals surface area contributed by atoms with Gasteiger partial charge in [-0.3, -0.25) is 9.59 Å². The molecule has 136 valence electrons. The van der Waals surface area contributed by atoms with E-state index >= 15 is 0 Å². The summed E-state index contributed by atoms with van der Waals surface area (Å²) in [5, 5.41) is 7.53. The molecule has 0 aliphatic rings. The van der Waals surface area contributed by atoms with Crippen molar-refractivity contribution in [1.82, 2.24) is 5.43 Å². The lowest BCUT2D eigenvalue weighted by Gasteiger charge is -2.06. The van der Waals surface area contributed by atoms with Crippen molar-refractivity contribution in [2.75, 3.05) is 11.1 Å². The molecule has 0 aromatic heterocycles. The Hall–Kier alpha value is -2.31. The first-order valence-corrected chi connectivity index (χ1v) is 9.51. The van der Waals surface area contributed by atoms with E-state index in [1.807, 2.05) is 43.3 Å². The Morgan fingerprint density at radius 2 is 1.77 bits per heavy atom. The quantitative estimate of drug-likeness (QED) is 0.553. The molecule has 0 spiro atoms. The first-order valence-electron chi connectivity index (χ1n) is 7.98. The van der Waals surface area contributed by atoms with Gasteiger partial charge in [0.05, 0.1) is 11.5 Å². The summed E-state index contributed by atoms with van der Waals surface area (Å²) in [6.45, 7) is 3.27. The van der Waals surface area contributed by atoms with Gasteiger partial charge in [0.25, 0.3) is 0 Å². The molecular weight excluding hydrogens is 370 g/mol. The fourth-order valence-electron chi connectivity index (χ4n) is 2.11. The number of amides is 2. The highest BCUT2D eigenvalue weighted by molar-refractivity contribution is 7.99. The summed E-state index contributed by atoms with van der Waals surface area (Å²) in [6, 6.07) is 14.8. The number of nitrogens with zero attached hydrogens (tertiary/aromatic N) is 1. The number of thioether (sulfide) groups is 1. The van der Waals surface area contributed by atoms with Crippen LogP contribution >= 0.6 is 23.4 Å². The first-order chi connectivity index (χ1) is 12.5. The summed E-state index contributed by atoms with van der Waals surface area (Å²) in [5.41, 5.74) is 5.82. The predicted octanol–water partition coefficient (Wildman–Crippen LogP) is 4.07. The smallest absolute Gasteiger partial charge is 0.250 e. The van der Waals surface area contributed by atoms with Crippen LogP contribution in [0.1, 0.15) is 25.0 Å². The number of hydrogen-bond acceptors (Lipinski definition) is 4. The van der Waals surface area contributed by atoms with Gasteiger partial charge in [-0.1, -0.05) is 41.9 Å². The number of rotatable bonds is 7. The second kappa shape index (κ2) is 9.99. The van der Waals surface area contributed by atoms with Crippen molar-refractivity contribution in [3.8, 4) is 0 Å². The number of anilines is 1. The zero-order valence-corrected chi connectivity index (χ0v) is 16.2. The van der Waals surface area contributed by atoms with Gasteiger partial charge in [-0.25, -0.2) is 5.43 Å². The highest BCUT2D eigenvalue weighted by Gasteiger charge is 2.04. The third kappa shape index (κ3) is 6.54. The van der Waals surface area contributed by atoms with Crippen molar-refractivity contribution >= 4 is 46.6 Å². The van der Waals surface area contributed by atoms with E-state index in [0.29, 0.717) is 27.9 Å². The van der Waals surface area contributed by atoms with Crippen LogP contribution in [0.25, 0.3) is 0 Å². The van der Waals surface area contributed by atoms with E-state index in [4.69, 9.17) is 11.6 Å². The Kier molecular flexibility index (Phi) is 7.69. The molecule has 5 nitrogen and oxygen atoms in total. The minimum absolute atomic E-state index is 0.121. The van der Waals surface area contributed by atoms with E-state index in [0.717, 1.165) is 11.1 Å². The van der Waals surface area contributed by atoms with Gasteiger partial charge >= 0.3 is 0 Å². The third-order valence-corrected chi connectivity index (χ3v) is 4.77. The van der Waals surface area contributed by atoms with Crippen molar-refractivity contribution in [2.45, 2.75) is 19.6 Å². The van der Waals surface area contributed by atoms with E-state index in [1.165, 1.54) is 18.7 Å². The highest BCUT2D eigenvalue weighted by Crippen LogP contribution is 2.20. The molecule has 0 heterocycles. The molecule has 0 fully saturated rings. The van der Waals surface area contributed by atoms with Crippen molar-refractivity contribution in [1.29, 1.82) is 0 Å². The van der Waals surface area contributed by atoms with Crippen LogP contribution in [0.3, 0.4) is 0 Å². The van der Waals surface area contributed by atoms with Crippen LogP contribution in [0.5, 0.6) is 0 Å². The van der Waals surface area contributed by atoms with Gasteiger partial charge < -0.3 is 5.32 Å². The van der Waals surface area contributed by atoms with Crippen molar-refractivity contribution in [2.24, 2.45) is 5.10 Å². The summed E-state index contributed by atoms with van der Waals surface area (Å²) in [6.07, 6.45) is 0. The summed E-state index contributed by atoms with van der Waals surface area (Å²) in [7, 11) is 0. The molecule has 0 unspecified atom stereocenters. The number of halogens is 1. The molecule has 0 saturated heterocycles. The molecule has 0 saturated carbocycles. The largest absolute Gasteiger partial charge is 0.326 e. The van der Waals surface area contributed by atoms with Crippen LogP contribution in [-0.2, 0) is 15.3 Å². The maximum absolute atomic E-state index is 11.9. The van der Waals surface area contributed by atoms with Gasteiger partial charge in [-0.05, 0) is 36.2 Å². The fourth-order valence-corrected chi connectivity index (χ4v) is 3.22. The Labute approximate surface area is 162 Å². The molecule has 0 atom stereocenters. The molecule has 2 aromatic carbocycles. The van der Waals surface area contributed by atoms with Crippen LogP contribution in [0.2, 0.25) is 5.02 Å². The molecule has 0 radical (unpaired) electrons. The van der Waals surface area contributed by atoms with E-state index in [9.17, 15) is 9.59 Å². The minimum atomic E-state index is -0.170. The van der Waals surface area contributed by atoms with E-state index in [2.05, 4.69) is 15.8 Å². The highest BCUT2D eigenvalue weighted by atomic mass is 35.5. The number of nitrogens with one attached hydrogen (secondary N) is 2. The predicted molar refractivity (Wildman–Crippen MR) is 109 cm³/mol. The molecule has 0 aliphatic carbocycles. The van der Waals surface area contributed by atoms with E-state index in [-0.39, 0.29) is 11.8 Å². The lowest BCUT2D eigenvalue weighted by atomic mass is 10.1. The van der Waals surface area contributed by atoms with Crippen LogP contribution in [0.4, 0.5) is 5.69 Å². The second-order valence-corrected chi connectivity index (χ2v) is 6.97. The van der Waals surface area contributed by atoms with Gasteiger partial charge in [0, 0.05) is 23.4 Å². The summed E-state index contributed by atoms with van der Waals surface area (Å²) < 4.78 is 0. The van der Waals surface area contributed by atoms with Crippen LogP contribution in [-0.4, -0.2) is 23.3 Å². The Morgan fingerprint density at radius 1 is 1.08 bits per heavy atom. The first kappa shape index (κ1) is 20.0. The SMILES string of the molecule is CC(=O)Nc1ccc(/C(C)=N/NC(=O)CSCc2ccccc2Cl)cc1. The molecular formula is C19H20ClN3O2S. The molecule has 2 aromatic rings. The maximum Gasteiger partial charge on any atom is 0.250 e. The zero-order chi connectivity index (χ0) is 18.9. The zero-order valence-electron chi connectivity index (χ0n) is 14.6. The topological polar surface area (TPSA) is 70.6 Å². The third-order valence-electron chi connectivity index (χ3n) is 3.42. The Morgan fingerprint density at radius 3 is 2.42 bits per heavy atom. The standard InChI is InChI=1S/C19H20ClN3O2S/c1-13(15-7-9-17(10-8-15)21-14(2)24)22-23-19(25)12-26-11-16-5-3-4-6-18(16)20/h3-10H,11-12H2,1-2H3,(H,21,24)(H,23,25)/b22-13+. The van der Waals surface area contributed by atoms with Crippen molar-refractivity contribution < 1.29 is 9.59 Å². The van der Waals surface area contributed by atoms with Crippen LogP contribution < -0.4 is 10.7 Å². The number of carbonyl (C=O) groups excluding carboxylic acids is 2. The van der Waals surface area contributed by atoms with Crippen LogP contribution in [0.15, 0.2) is 53.6 Å². The molecule has 0 bridgehead atoms. The lowest BCUT2D eigenvalue weighted by molar-refractivity contribution is -0.118. The molecule has 2 rings (SSSR count). The van der Waals surface area contributed by atoms with E-state index < -0.39 is 0 Å². The minimum Gasteiger partial charge on any atom is -0.326 e. The van der Waals surface area contributed by atoms with Crippen molar-refractivity contribution in [3.63, 3.8) is 0 Å². The average Bonchev–Trinajstić information content (AvgIpc) is 2.61. The second-order valence-electron chi connectivity index (χ2n) is 5.57. The molecule has 26 heavy (non-hydrogen) atoms. The van der Waals surface area contributed by atoms with Crippen LogP contribution in [0, 0.1) is 0 Å².